The van der Waals surface area contributed by atoms with E-state index in [0.717, 1.165) is 6.26 Å². The first-order chi connectivity index (χ1) is 15.2. The smallest absolute Gasteiger partial charge is 0.338 e. The standard InChI is InChI=1S/C20H16N4O6S2/c1-3-29-18(26)13-6-4-5-12(9-13)16-8-7-15(30-16)10-14(11-21)17(25)22-19-23-24-20(31-19)32(2,27)28/h4-10H,3H2,1-2H3,(H,22,23,25)/b14-10-. The van der Waals surface area contributed by atoms with Crippen LogP contribution in [0.4, 0.5) is 5.13 Å². The second-order valence-electron chi connectivity index (χ2n) is 6.27. The van der Waals surface area contributed by atoms with E-state index in [1.165, 1.54) is 6.08 Å². The molecule has 0 aliphatic heterocycles. The largest absolute Gasteiger partial charge is 0.462 e. The number of sulfone groups is 1. The molecular weight excluding hydrogens is 456 g/mol. The van der Waals surface area contributed by atoms with E-state index in [4.69, 9.17) is 9.15 Å². The molecule has 164 valence electrons. The summed E-state index contributed by atoms with van der Waals surface area (Å²) in [6.07, 6.45) is 2.20. The van der Waals surface area contributed by atoms with Crippen LogP contribution in [0.5, 0.6) is 0 Å². The third kappa shape index (κ3) is 5.45. The Balaban J connectivity index is 1.79. The highest BCUT2D eigenvalue weighted by atomic mass is 32.2. The van der Waals surface area contributed by atoms with Crippen molar-refractivity contribution in [1.82, 2.24) is 10.2 Å². The maximum Gasteiger partial charge on any atom is 0.338 e. The normalized spacial score (nSPS) is 11.6. The lowest BCUT2D eigenvalue weighted by atomic mass is 10.1. The zero-order valence-electron chi connectivity index (χ0n) is 16.9. The lowest BCUT2D eigenvalue weighted by Gasteiger charge is -2.03. The maximum absolute atomic E-state index is 12.4. The van der Waals surface area contributed by atoms with Crippen molar-refractivity contribution in [3.05, 3.63) is 53.3 Å². The van der Waals surface area contributed by atoms with Crippen LogP contribution in [-0.2, 0) is 19.4 Å². The lowest BCUT2D eigenvalue weighted by Crippen LogP contribution is -2.13. The van der Waals surface area contributed by atoms with E-state index < -0.39 is 21.7 Å². The molecule has 32 heavy (non-hydrogen) atoms. The number of hydrogen-bond acceptors (Lipinski definition) is 10. The minimum absolute atomic E-state index is 0.0625. The summed E-state index contributed by atoms with van der Waals surface area (Å²) in [5, 5.41) is 18.7. The average molecular weight is 473 g/mol. The highest BCUT2D eigenvalue weighted by Crippen LogP contribution is 2.25. The van der Waals surface area contributed by atoms with Crippen molar-refractivity contribution in [2.45, 2.75) is 11.3 Å². The number of esters is 1. The highest BCUT2D eigenvalue weighted by molar-refractivity contribution is 7.92. The van der Waals surface area contributed by atoms with Gasteiger partial charge in [-0.05, 0) is 31.2 Å². The third-order valence-corrected chi connectivity index (χ3v) is 6.39. The SMILES string of the molecule is CCOC(=O)c1cccc(-c2ccc(/C=C(/C#N)C(=O)Nc3nnc(S(C)(=O)=O)s3)o2)c1. The summed E-state index contributed by atoms with van der Waals surface area (Å²) < 4.78 is 33.3. The van der Waals surface area contributed by atoms with E-state index in [1.54, 1.807) is 49.4 Å². The van der Waals surface area contributed by atoms with Gasteiger partial charge in [0.05, 0.1) is 12.2 Å². The van der Waals surface area contributed by atoms with Crippen LogP contribution in [0.1, 0.15) is 23.0 Å². The molecule has 2 heterocycles. The van der Waals surface area contributed by atoms with Crippen molar-refractivity contribution in [3.63, 3.8) is 0 Å². The molecule has 0 spiro atoms. The molecule has 3 rings (SSSR count). The van der Waals surface area contributed by atoms with Crippen LogP contribution in [0.3, 0.4) is 0 Å². The number of aromatic nitrogens is 2. The molecule has 2 aromatic heterocycles. The molecule has 1 N–H and O–H groups in total. The second-order valence-corrected chi connectivity index (χ2v) is 9.44. The molecule has 10 nitrogen and oxygen atoms in total. The number of anilines is 1. The lowest BCUT2D eigenvalue weighted by molar-refractivity contribution is -0.112. The Morgan fingerprint density at radius 3 is 2.72 bits per heavy atom. The summed E-state index contributed by atoms with van der Waals surface area (Å²) in [5.41, 5.74) is 0.683. The van der Waals surface area contributed by atoms with Crippen molar-refractivity contribution < 1.29 is 27.2 Å². The molecule has 0 atom stereocenters. The number of amides is 1. The van der Waals surface area contributed by atoms with Crippen molar-refractivity contribution in [2.75, 3.05) is 18.2 Å². The monoisotopic (exact) mass is 472 g/mol. The molecule has 0 bridgehead atoms. The summed E-state index contributed by atoms with van der Waals surface area (Å²) in [7, 11) is -3.56. The van der Waals surface area contributed by atoms with Crippen LogP contribution in [0.15, 0.2) is 50.7 Å². The first-order valence-corrected chi connectivity index (χ1v) is 11.8. The van der Waals surface area contributed by atoms with Crippen molar-refractivity contribution >= 4 is 44.3 Å². The molecule has 0 fully saturated rings. The van der Waals surface area contributed by atoms with Crippen LogP contribution < -0.4 is 5.32 Å². The molecule has 1 amide bonds. The number of nitrogens with one attached hydrogen (secondary N) is 1. The Hall–Kier alpha value is -3.82. The van der Waals surface area contributed by atoms with Gasteiger partial charge in [0.15, 0.2) is 0 Å². The molecule has 0 radical (unpaired) electrons. The number of nitriles is 1. The predicted octanol–water partition coefficient (Wildman–Crippen LogP) is 2.92. The van der Waals surface area contributed by atoms with Gasteiger partial charge in [0, 0.05) is 17.9 Å². The molecule has 0 unspecified atom stereocenters. The number of rotatable bonds is 7. The Labute approximate surface area is 187 Å². The van der Waals surface area contributed by atoms with Crippen molar-refractivity contribution in [3.8, 4) is 17.4 Å². The van der Waals surface area contributed by atoms with E-state index in [2.05, 4.69) is 15.5 Å². The highest BCUT2D eigenvalue weighted by Gasteiger charge is 2.18. The fourth-order valence-electron chi connectivity index (χ4n) is 2.46. The number of benzene rings is 1. The predicted molar refractivity (Wildman–Crippen MR) is 115 cm³/mol. The number of furan rings is 1. The van der Waals surface area contributed by atoms with E-state index in [1.807, 2.05) is 0 Å². The van der Waals surface area contributed by atoms with Gasteiger partial charge in [-0.3, -0.25) is 10.1 Å². The quantitative estimate of drug-likeness (QED) is 0.237. The molecule has 0 saturated carbocycles. The van der Waals surface area contributed by atoms with Crippen LogP contribution >= 0.6 is 11.3 Å². The molecule has 0 aliphatic rings. The van der Waals surface area contributed by atoms with E-state index in [0.29, 0.717) is 28.2 Å². The van der Waals surface area contributed by atoms with Gasteiger partial charge in [0.1, 0.15) is 23.2 Å². The topological polar surface area (TPSA) is 152 Å². The van der Waals surface area contributed by atoms with Gasteiger partial charge in [-0.15, -0.1) is 10.2 Å². The number of carbonyl (C=O) groups is 2. The Bertz CT molecular complexity index is 1350. The summed E-state index contributed by atoms with van der Waals surface area (Å²) in [4.78, 5) is 24.3. The van der Waals surface area contributed by atoms with Gasteiger partial charge in [-0.25, -0.2) is 13.2 Å². The third-order valence-electron chi connectivity index (χ3n) is 3.88. The molecule has 1 aromatic carbocycles. The summed E-state index contributed by atoms with van der Waals surface area (Å²) >= 11 is 0.671. The van der Waals surface area contributed by atoms with Gasteiger partial charge in [0.25, 0.3) is 5.91 Å². The van der Waals surface area contributed by atoms with Gasteiger partial charge in [-0.1, -0.05) is 23.5 Å². The van der Waals surface area contributed by atoms with Gasteiger partial charge < -0.3 is 9.15 Å². The fourth-order valence-corrected chi connectivity index (χ4v) is 3.97. The number of carbonyl (C=O) groups excluding carboxylic acids is 2. The summed E-state index contributed by atoms with van der Waals surface area (Å²) in [6.45, 7) is 1.97. The van der Waals surface area contributed by atoms with Gasteiger partial charge in [0.2, 0.25) is 19.3 Å². The maximum atomic E-state index is 12.4. The van der Waals surface area contributed by atoms with Crippen molar-refractivity contribution in [1.29, 1.82) is 5.26 Å². The molecular formula is C20H16N4O6S2. The minimum Gasteiger partial charge on any atom is -0.462 e. The number of ether oxygens (including phenoxy) is 1. The zero-order valence-corrected chi connectivity index (χ0v) is 18.5. The van der Waals surface area contributed by atoms with Gasteiger partial charge >= 0.3 is 5.97 Å². The molecule has 12 heteroatoms. The van der Waals surface area contributed by atoms with Crippen LogP contribution in [-0.4, -0.2) is 43.4 Å². The van der Waals surface area contributed by atoms with Crippen LogP contribution in [0.25, 0.3) is 17.4 Å². The first-order valence-electron chi connectivity index (χ1n) is 9.05. The zero-order chi connectivity index (χ0) is 23.3. The Kier molecular flexibility index (Phi) is 6.82. The Morgan fingerprint density at radius 2 is 2.06 bits per heavy atom. The average Bonchev–Trinajstić information content (AvgIpc) is 3.42. The first kappa shape index (κ1) is 22.9. The summed E-state index contributed by atoms with van der Waals surface area (Å²) in [5.74, 6) is -0.615. The van der Waals surface area contributed by atoms with Crippen molar-refractivity contribution in [2.24, 2.45) is 0 Å². The van der Waals surface area contributed by atoms with Crippen LogP contribution in [0.2, 0.25) is 0 Å². The van der Waals surface area contributed by atoms with E-state index in [9.17, 15) is 23.3 Å². The molecule has 0 aliphatic carbocycles. The summed E-state index contributed by atoms with van der Waals surface area (Å²) in [6, 6.07) is 11.6. The second kappa shape index (κ2) is 9.54. The van der Waals surface area contributed by atoms with E-state index in [-0.39, 0.29) is 27.4 Å². The molecule has 0 saturated heterocycles. The van der Waals surface area contributed by atoms with Gasteiger partial charge in [-0.2, -0.15) is 5.26 Å². The number of hydrogen-bond donors (Lipinski definition) is 1. The van der Waals surface area contributed by atoms with E-state index >= 15 is 0 Å². The fraction of sp³-hybridized carbons (Fsp3) is 0.150. The Morgan fingerprint density at radius 1 is 1.28 bits per heavy atom. The number of nitrogens with zero attached hydrogens (tertiary/aromatic N) is 3. The minimum atomic E-state index is -3.56. The molecule has 3 aromatic rings. The van der Waals surface area contributed by atoms with Crippen LogP contribution in [0, 0.1) is 11.3 Å².